The molecule has 1 unspecified atom stereocenters. The molecular formula is C23H26F2N2O. The molecule has 148 valence electrons. The number of carbonyl (C=O) groups excluding carboxylic acids is 1. The van der Waals surface area contributed by atoms with Crippen LogP contribution in [0.5, 0.6) is 0 Å². The van der Waals surface area contributed by atoms with Crippen molar-refractivity contribution in [1.82, 2.24) is 10.2 Å². The Labute approximate surface area is 164 Å². The first-order valence-electron chi connectivity index (χ1n) is 10.1. The monoisotopic (exact) mass is 384 g/mol. The molecule has 1 amide bonds. The zero-order valence-electron chi connectivity index (χ0n) is 16.3. The van der Waals surface area contributed by atoms with E-state index in [2.05, 4.69) is 5.32 Å². The summed E-state index contributed by atoms with van der Waals surface area (Å²) in [5.41, 5.74) is 4.15. The number of nitrogens with zero attached hydrogens (tertiary/aromatic N) is 1. The maximum atomic E-state index is 15.3. The van der Waals surface area contributed by atoms with E-state index in [1.54, 1.807) is 13.8 Å². The van der Waals surface area contributed by atoms with Crippen molar-refractivity contribution in [3.63, 3.8) is 0 Å². The number of benzene rings is 2. The van der Waals surface area contributed by atoms with E-state index in [0.717, 1.165) is 35.1 Å². The van der Waals surface area contributed by atoms with Gasteiger partial charge in [-0.05, 0) is 54.9 Å². The number of alkyl halides is 2. The number of amides is 1. The zero-order chi connectivity index (χ0) is 19.9. The molecule has 3 nitrogen and oxygen atoms in total. The van der Waals surface area contributed by atoms with Gasteiger partial charge in [0.1, 0.15) is 0 Å². The third-order valence-electron chi connectivity index (χ3n) is 6.00. The highest BCUT2D eigenvalue weighted by atomic mass is 19.3. The summed E-state index contributed by atoms with van der Waals surface area (Å²) in [4.78, 5) is 13.8. The molecule has 2 aromatic rings. The molecule has 2 aliphatic rings. The van der Waals surface area contributed by atoms with E-state index < -0.39 is 17.9 Å². The number of rotatable bonds is 7. The van der Waals surface area contributed by atoms with E-state index in [-0.39, 0.29) is 25.0 Å². The summed E-state index contributed by atoms with van der Waals surface area (Å²) in [6.45, 7) is 4.05. The fourth-order valence-electron chi connectivity index (χ4n) is 4.34. The molecule has 1 N–H and O–H groups in total. The van der Waals surface area contributed by atoms with Gasteiger partial charge < -0.3 is 4.90 Å². The van der Waals surface area contributed by atoms with Crippen molar-refractivity contribution in [2.75, 3.05) is 13.1 Å². The van der Waals surface area contributed by atoms with Crippen molar-refractivity contribution in [1.29, 1.82) is 0 Å². The standard InChI is InChI=1S/C23H26F2N2O/c1-3-27(4-2)22(28)23(24,25)21(15-13-14-15)26-20-18-11-7-5-9-16(18)17-10-6-8-12-19(17)20/h5-12,15,20-21,26H,3-4,13-14H2,1-2H3. The topological polar surface area (TPSA) is 32.3 Å². The van der Waals surface area contributed by atoms with Crippen molar-refractivity contribution in [2.24, 2.45) is 5.92 Å². The highest BCUT2D eigenvalue weighted by Gasteiger charge is 2.55. The molecule has 1 fully saturated rings. The van der Waals surface area contributed by atoms with Crippen molar-refractivity contribution in [3.8, 4) is 11.1 Å². The first-order chi connectivity index (χ1) is 13.5. The fourth-order valence-corrected chi connectivity index (χ4v) is 4.34. The van der Waals surface area contributed by atoms with Gasteiger partial charge >= 0.3 is 5.92 Å². The summed E-state index contributed by atoms with van der Waals surface area (Å²) in [6, 6.07) is 14.3. The summed E-state index contributed by atoms with van der Waals surface area (Å²) in [6.07, 6.45) is 1.46. The molecule has 0 heterocycles. The van der Waals surface area contributed by atoms with E-state index >= 15 is 8.78 Å². The number of fused-ring (bicyclic) bond motifs is 3. The van der Waals surface area contributed by atoms with E-state index in [9.17, 15) is 4.79 Å². The lowest BCUT2D eigenvalue weighted by Gasteiger charge is -2.33. The second kappa shape index (κ2) is 7.28. The molecule has 0 saturated heterocycles. The third-order valence-corrected chi connectivity index (χ3v) is 6.00. The Morgan fingerprint density at radius 3 is 2.00 bits per heavy atom. The predicted octanol–water partition coefficient (Wildman–Crippen LogP) is 4.63. The summed E-state index contributed by atoms with van der Waals surface area (Å²) < 4.78 is 30.7. The van der Waals surface area contributed by atoms with Gasteiger partial charge in [-0.2, -0.15) is 8.78 Å². The van der Waals surface area contributed by atoms with Crippen LogP contribution in [0.3, 0.4) is 0 Å². The third kappa shape index (κ3) is 3.12. The summed E-state index contributed by atoms with van der Waals surface area (Å²) >= 11 is 0. The van der Waals surface area contributed by atoms with Crippen LogP contribution in [0.4, 0.5) is 8.78 Å². The van der Waals surface area contributed by atoms with Gasteiger partial charge in [-0.3, -0.25) is 10.1 Å². The Balaban J connectivity index is 1.69. The quantitative estimate of drug-likeness (QED) is 0.755. The van der Waals surface area contributed by atoms with Gasteiger partial charge in [0, 0.05) is 13.1 Å². The lowest BCUT2D eigenvalue weighted by Crippen LogP contribution is -2.57. The number of hydrogen-bond acceptors (Lipinski definition) is 2. The van der Waals surface area contributed by atoms with Gasteiger partial charge in [0.2, 0.25) is 0 Å². The molecule has 28 heavy (non-hydrogen) atoms. The van der Waals surface area contributed by atoms with Gasteiger partial charge in [-0.1, -0.05) is 48.5 Å². The smallest absolute Gasteiger partial charge is 0.338 e. The van der Waals surface area contributed by atoms with Gasteiger partial charge in [-0.25, -0.2) is 0 Å². The van der Waals surface area contributed by atoms with Gasteiger partial charge in [0.25, 0.3) is 5.91 Å². The molecule has 2 aromatic carbocycles. The highest BCUT2D eigenvalue weighted by molar-refractivity contribution is 5.85. The van der Waals surface area contributed by atoms with Crippen molar-refractivity contribution in [2.45, 2.75) is 44.7 Å². The first-order valence-corrected chi connectivity index (χ1v) is 10.1. The summed E-state index contributed by atoms with van der Waals surface area (Å²) in [5.74, 6) is -4.67. The summed E-state index contributed by atoms with van der Waals surface area (Å²) in [7, 11) is 0. The average molecular weight is 384 g/mol. The van der Waals surface area contributed by atoms with Gasteiger partial charge in [0.15, 0.2) is 0 Å². The lowest BCUT2D eigenvalue weighted by atomic mass is 9.98. The number of hydrogen-bond donors (Lipinski definition) is 1. The molecule has 5 heteroatoms. The second-order valence-electron chi connectivity index (χ2n) is 7.69. The first kappa shape index (κ1) is 19.1. The lowest BCUT2D eigenvalue weighted by molar-refractivity contribution is -0.163. The zero-order valence-corrected chi connectivity index (χ0v) is 16.3. The Morgan fingerprint density at radius 2 is 1.54 bits per heavy atom. The van der Waals surface area contributed by atoms with E-state index in [0.29, 0.717) is 0 Å². The molecule has 2 aliphatic carbocycles. The average Bonchev–Trinajstić information content (AvgIpc) is 3.50. The Morgan fingerprint density at radius 1 is 1.04 bits per heavy atom. The van der Waals surface area contributed by atoms with Crippen molar-refractivity contribution < 1.29 is 13.6 Å². The molecule has 1 atom stereocenters. The number of halogens is 2. The molecule has 0 bridgehead atoms. The number of carbonyl (C=O) groups is 1. The second-order valence-corrected chi connectivity index (χ2v) is 7.69. The molecule has 4 rings (SSSR count). The molecule has 0 radical (unpaired) electrons. The summed E-state index contributed by atoms with van der Waals surface area (Å²) in [5, 5.41) is 3.22. The maximum Gasteiger partial charge on any atom is 0.339 e. The van der Waals surface area contributed by atoms with Crippen LogP contribution in [0.2, 0.25) is 0 Å². The van der Waals surface area contributed by atoms with Crippen LogP contribution in [0.15, 0.2) is 48.5 Å². The van der Waals surface area contributed by atoms with Crippen LogP contribution in [0.25, 0.3) is 11.1 Å². The minimum Gasteiger partial charge on any atom is -0.338 e. The van der Waals surface area contributed by atoms with Crippen molar-refractivity contribution in [3.05, 3.63) is 59.7 Å². The normalized spacial score (nSPS) is 17.1. The minimum atomic E-state index is -3.43. The Bertz CT molecular complexity index is 829. The van der Waals surface area contributed by atoms with Crippen LogP contribution in [-0.4, -0.2) is 35.9 Å². The van der Waals surface area contributed by atoms with Crippen LogP contribution >= 0.6 is 0 Å². The van der Waals surface area contributed by atoms with Gasteiger partial charge in [-0.15, -0.1) is 0 Å². The van der Waals surface area contributed by atoms with Crippen LogP contribution in [0.1, 0.15) is 43.9 Å². The van der Waals surface area contributed by atoms with Crippen molar-refractivity contribution >= 4 is 5.91 Å². The number of nitrogens with one attached hydrogen (secondary N) is 1. The maximum absolute atomic E-state index is 15.3. The SMILES string of the molecule is CCN(CC)C(=O)C(F)(F)C(NC1c2ccccc2-c2ccccc21)C1CC1. The highest BCUT2D eigenvalue weighted by Crippen LogP contribution is 2.47. The molecule has 1 saturated carbocycles. The van der Waals surface area contributed by atoms with Crippen LogP contribution < -0.4 is 5.32 Å². The molecule has 0 aromatic heterocycles. The Hall–Kier alpha value is -2.27. The predicted molar refractivity (Wildman–Crippen MR) is 106 cm³/mol. The largest absolute Gasteiger partial charge is 0.339 e. The fraction of sp³-hybridized carbons (Fsp3) is 0.435. The molecule has 0 aliphatic heterocycles. The Kier molecular flexibility index (Phi) is 4.96. The van der Waals surface area contributed by atoms with E-state index in [1.165, 1.54) is 4.90 Å². The van der Waals surface area contributed by atoms with Gasteiger partial charge in [0.05, 0.1) is 12.1 Å². The molecular weight excluding hydrogens is 358 g/mol. The minimum absolute atomic E-state index is 0.172. The van der Waals surface area contributed by atoms with Crippen LogP contribution in [0, 0.1) is 5.92 Å². The van der Waals surface area contributed by atoms with E-state index in [1.807, 2.05) is 48.5 Å². The van der Waals surface area contributed by atoms with Crippen LogP contribution in [-0.2, 0) is 4.79 Å². The molecule has 0 spiro atoms. The van der Waals surface area contributed by atoms with E-state index in [4.69, 9.17) is 0 Å².